The van der Waals surface area contributed by atoms with Crippen molar-refractivity contribution < 1.29 is 9.13 Å². The summed E-state index contributed by atoms with van der Waals surface area (Å²) in [6, 6.07) is 7.04. The second-order valence-electron chi connectivity index (χ2n) is 4.33. The van der Waals surface area contributed by atoms with Gasteiger partial charge in [0.1, 0.15) is 5.82 Å². The lowest BCUT2D eigenvalue weighted by atomic mass is 10.1. The molecule has 2 rings (SSSR count). The molecule has 0 radical (unpaired) electrons. The van der Waals surface area contributed by atoms with Gasteiger partial charge in [-0.15, -0.1) is 0 Å². The van der Waals surface area contributed by atoms with Crippen molar-refractivity contribution in [3.05, 3.63) is 30.1 Å². The Balaban J connectivity index is 2.10. The maximum Gasteiger partial charge on any atom is 0.123 e. The van der Waals surface area contributed by atoms with Crippen molar-refractivity contribution in [1.82, 2.24) is 0 Å². The molecule has 0 amide bonds. The van der Waals surface area contributed by atoms with Crippen molar-refractivity contribution in [3.63, 3.8) is 0 Å². The highest BCUT2D eigenvalue weighted by atomic mass is 19.1. The average molecular weight is 238 g/mol. The van der Waals surface area contributed by atoms with Crippen LogP contribution in [0.2, 0.25) is 0 Å². The second-order valence-corrected chi connectivity index (χ2v) is 4.33. The molecular formula is C13H19FN2O. The lowest BCUT2D eigenvalue weighted by molar-refractivity contribution is 0.193. The molecule has 0 saturated carbocycles. The van der Waals surface area contributed by atoms with Gasteiger partial charge in [-0.3, -0.25) is 0 Å². The molecule has 1 aliphatic rings. The van der Waals surface area contributed by atoms with E-state index in [0.29, 0.717) is 12.6 Å². The van der Waals surface area contributed by atoms with E-state index in [1.54, 1.807) is 0 Å². The number of halogens is 1. The second kappa shape index (κ2) is 5.98. The van der Waals surface area contributed by atoms with Gasteiger partial charge in [0.25, 0.3) is 0 Å². The summed E-state index contributed by atoms with van der Waals surface area (Å²) in [6.07, 6.45) is 1.97. The van der Waals surface area contributed by atoms with Crippen molar-refractivity contribution in [2.24, 2.45) is 5.73 Å². The first-order valence-corrected chi connectivity index (χ1v) is 6.11. The summed E-state index contributed by atoms with van der Waals surface area (Å²) in [5.41, 5.74) is 6.61. The van der Waals surface area contributed by atoms with Crippen molar-refractivity contribution in [1.29, 1.82) is 0 Å². The van der Waals surface area contributed by atoms with E-state index < -0.39 is 0 Å². The summed E-state index contributed by atoms with van der Waals surface area (Å²) in [6.45, 7) is 3.13. The molecule has 0 spiro atoms. The standard InChI is InChI=1S/C13H19FN2O/c14-11-2-4-12(5-3-11)16(8-1-7-15)13-6-9-17-10-13/h2-5,13H,1,6-10,15H2. The number of rotatable bonds is 5. The van der Waals surface area contributed by atoms with Crippen molar-refractivity contribution in [3.8, 4) is 0 Å². The average Bonchev–Trinajstić information content (AvgIpc) is 2.85. The zero-order valence-electron chi connectivity index (χ0n) is 9.94. The maximum absolute atomic E-state index is 12.9. The lowest BCUT2D eigenvalue weighted by Gasteiger charge is -2.30. The van der Waals surface area contributed by atoms with E-state index in [1.165, 1.54) is 12.1 Å². The number of benzene rings is 1. The first kappa shape index (κ1) is 12.3. The molecule has 1 heterocycles. The Kier molecular flexibility index (Phi) is 4.34. The van der Waals surface area contributed by atoms with Crippen LogP contribution in [0, 0.1) is 5.82 Å². The summed E-state index contributed by atoms with van der Waals surface area (Å²) < 4.78 is 18.3. The number of hydrogen-bond donors (Lipinski definition) is 1. The maximum atomic E-state index is 12.9. The Labute approximate surface area is 101 Å². The van der Waals surface area contributed by atoms with Crippen LogP contribution in [0.4, 0.5) is 10.1 Å². The van der Waals surface area contributed by atoms with Crippen molar-refractivity contribution in [2.75, 3.05) is 31.2 Å². The first-order valence-electron chi connectivity index (χ1n) is 6.11. The summed E-state index contributed by atoms with van der Waals surface area (Å²) >= 11 is 0. The minimum Gasteiger partial charge on any atom is -0.379 e. The molecule has 0 aliphatic carbocycles. The fraction of sp³-hybridized carbons (Fsp3) is 0.538. The Morgan fingerprint density at radius 1 is 1.35 bits per heavy atom. The smallest absolute Gasteiger partial charge is 0.123 e. The third-order valence-electron chi connectivity index (χ3n) is 3.11. The minimum atomic E-state index is -0.199. The van der Waals surface area contributed by atoms with Gasteiger partial charge in [-0.05, 0) is 43.7 Å². The number of hydrogen-bond acceptors (Lipinski definition) is 3. The highest BCUT2D eigenvalue weighted by Gasteiger charge is 2.23. The highest BCUT2D eigenvalue weighted by Crippen LogP contribution is 2.22. The van der Waals surface area contributed by atoms with Crippen LogP contribution >= 0.6 is 0 Å². The predicted octanol–water partition coefficient (Wildman–Crippen LogP) is 1.77. The molecule has 3 nitrogen and oxygen atoms in total. The third kappa shape index (κ3) is 3.17. The van der Waals surface area contributed by atoms with E-state index in [1.807, 2.05) is 12.1 Å². The molecule has 1 aromatic rings. The van der Waals surface area contributed by atoms with E-state index in [9.17, 15) is 4.39 Å². The number of nitrogens with zero attached hydrogens (tertiary/aromatic N) is 1. The van der Waals surface area contributed by atoms with Crippen LogP contribution in [-0.2, 0) is 4.74 Å². The highest BCUT2D eigenvalue weighted by molar-refractivity contribution is 5.47. The quantitative estimate of drug-likeness (QED) is 0.849. The molecule has 0 aromatic heterocycles. The van der Waals surface area contributed by atoms with Gasteiger partial charge in [-0.1, -0.05) is 0 Å². The summed E-state index contributed by atoms with van der Waals surface area (Å²) in [5.74, 6) is -0.199. The largest absolute Gasteiger partial charge is 0.379 e. The Bertz CT molecular complexity index is 336. The summed E-state index contributed by atoms with van der Waals surface area (Å²) in [7, 11) is 0. The molecule has 1 unspecified atom stereocenters. The minimum absolute atomic E-state index is 0.199. The number of nitrogens with two attached hydrogens (primary N) is 1. The van der Waals surface area contributed by atoms with Crippen LogP contribution in [0.5, 0.6) is 0 Å². The number of anilines is 1. The third-order valence-corrected chi connectivity index (χ3v) is 3.11. The van der Waals surface area contributed by atoms with E-state index >= 15 is 0 Å². The molecule has 2 N–H and O–H groups in total. The molecule has 0 bridgehead atoms. The van der Waals surface area contributed by atoms with Gasteiger partial charge >= 0.3 is 0 Å². The van der Waals surface area contributed by atoms with Gasteiger partial charge in [-0.25, -0.2) is 4.39 Å². The molecule has 17 heavy (non-hydrogen) atoms. The van der Waals surface area contributed by atoms with Crippen LogP contribution in [0.3, 0.4) is 0 Å². The molecule has 94 valence electrons. The van der Waals surface area contributed by atoms with Gasteiger partial charge in [0.15, 0.2) is 0 Å². The van der Waals surface area contributed by atoms with Gasteiger partial charge in [0.2, 0.25) is 0 Å². The lowest BCUT2D eigenvalue weighted by Crippen LogP contribution is -2.37. The Hall–Kier alpha value is -1.13. The van der Waals surface area contributed by atoms with Gasteiger partial charge < -0.3 is 15.4 Å². The van der Waals surface area contributed by atoms with Crippen LogP contribution in [0.1, 0.15) is 12.8 Å². The van der Waals surface area contributed by atoms with Crippen molar-refractivity contribution >= 4 is 5.69 Å². The predicted molar refractivity (Wildman–Crippen MR) is 66.6 cm³/mol. The molecule has 1 aromatic carbocycles. The van der Waals surface area contributed by atoms with Gasteiger partial charge in [0.05, 0.1) is 12.6 Å². The fourth-order valence-electron chi connectivity index (χ4n) is 2.18. The fourth-order valence-corrected chi connectivity index (χ4v) is 2.18. The van der Waals surface area contributed by atoms with E-state index in [-0.39, 0.29) is 5.82 Å². The monoisotopic (exact) mass is 238 g/mol. The topological polar surface area (TPSA) is 38.5 Å². The summed E-state index contributed by atoms with van der Waals surface area (Å²) in [4.78, 5) is 2.28. The molecular weight excluding hydrogens is 219 g/mol. The number of ether oxygens (including phenoxy) is 1. The van der Waals surface area contributed by atoms with Crippen LogP contribution in [0.15, 0.2) is 24.3 Å². The normalized spacial score (nSPS) is 19.5. The van der Waals surface area contributed by atoms with E-state index in [4.69, 9.17) is 10.5 Å². The Morgan fingerprint density at radius 3 is 2.71 bits per heavy atom. The van der Waals surface area contributed by atoms with Crippen LogP contribution in [0.25, 0.3) is 0 Å². The molecule has 1 saturated heterocycles. The molecule has 1 fully saturated rings. The van der Waals surface area contributed by atoms with Gasteiger partial charge in [-0.2, -0.15) is 0 Å². The molecule has 1 atom stereocenters. The molecule has 1 aliphatic heterocycles. The van der Waals surface area contributed by atoms with E-state index in [0.717, 1.165) is 38.3 Å². The SMILES string of the molecule is NCCCN(c1ccc(F)cc1)C1CCOC1. The van der Waals surface area contributed by atoms with Gasteiger partial charge in [0, 0.05) is 18.8 Å². The molecule has 4 heteroatoms. The van der Waals surface area contributed by atoms with Crippen LogP contribution in [-0.4, -0.2) is 32.3 Å². The van der Waals surface area contributed by atoms with E-state index in [2.05, 4.69) is 4.90 Å². The zero-order chi connectivity index (χ0) is 12.1. The Morgan fingerprint density at radius 2 is 2.12 bits per heavy atom. The summed E-state index contributed by atoms with van der Waals surface area (Å²) in [5, 5.41) is 0. The van der Waals surface area contributed by atoms with Crippen molar-refractivity contribution in [2.45, 2.75) is 18.9 Å². The zero-order valence-corrected chi connectivity index (χ0v) is 9.94. The van der Waals surface area contributed by atoms with Crippen LogP contribution < -0.4 is 10.6 Å². The first-order chi connectivity index (χ1) is 8.31.